The molecule has 2 N–H and O–H groups in total. The first-order valence-electron chi connectivity index (χ1n) is 11.6. The summed E-state index contributed by atoms with van der Waals surface area (Å²) < 4.78 is 26.2. The van der Waals surface area contributed by atoms with Crippen LogP contribution in [0.25, 0.3) is 39.2 Å². The van der Waals surface area contributed by atoms with Gasteiger partial charge in [0.2, 0.25) is 9.84 Å². The number of benzene rings is 3. The maximum atomic E-state index is 13.1. The zero-order valence-electron chi connectivity index (χ0n) is 18.6. The predicted octanol–water partition coefficient (Wildman–Crippen LogP) is 5.61. The van der Waals surface area contributed by atoms with Gasteiger partial charge in [0, 0.05) is 39.9 Å². The Morgan fingerprint density at radius 2 is 1.54 bits per heavy atom. The first-order chi connectivity index (χ1) is 17.1. The molecular formula is C29H21N3O2S. The summed E-state index contributed by atoms with van der Waals surface area (Å²) in [6.07, 6.45) is 10.5. The molecule has 0 saturated carbocycles. The van der Waals surface area contributed by atoms with Crippen molar-refractivity contribution in [1.82, 2.24) is 15.3 Å². The highest BCUT2D eigenvalue weighted by Gasteiger charge is 2.34. The number of H-pyrrole nitrogens is 1. The summed E-state index contributed by atoms with van der Waals surface area (Å²) in [5.74, 6) is 1.02. The van der Waals surface area contributed by atoms with E-state index in [0.717, 1.165) is 45.0 Å². The van der Waals surface area contributed by atoms with Crippen molar-refractivity contribution < 1.29 is 8.42 Å². The number of aromatic nitrogens is 2. The van der Waals surface area contributed by atoms with Crippen LogP contribution in [-0.2, 0) is 9.84 Å². The van der Waals surface area contributed by atoms with Crippen molar-refractivity contribution in [2.24, 2.45) is 5.92 Å². The summed E-state index contributed by atoms with van der Waals surface area (Å²) in [6.45, 7) is 0. The van der Waals surface area contributed by atoms with Crippen molar-refractivity contribution in [1.29, 1.82) is 0 Å². The van der Waals surface area contributed by atoms with Gasteiger partial charge in [-0.15, -0.1) is 0 Å². The van der Waals surface area contributed by atoms with Gasteiger partial charge in [-0.1, -0.05) is 78.9 Å². The van der Waals surface area contributed by atoms with Crippen LogP contribution in [0.1, 0.15) is 5.82 Å². The number of nitrogens with zero attached hydrogens (tertiary/aromatic N) is 1. The third-order valence-corrected chi connectivity index (χ3v) is 8.84. The number of imidazole rings is 1. The van der Waals surface area contributed by atoms with E-state index in [1.54, 1.807) is 18.2 Å². The topological polar surface area (TPSA) is 74.8 Å². The number of fused-ring (bicyclic) bond motifs is 4. The molecule has 170 valence electrons. The lowest BCUT2D eigenvalue weighted by Gasteiger charge is -2.17. The van der Waals surface area contributed by atoms with E-state index in [4.69, 9.17) is 4.98 Å². The number of hydrogen-bond donors (Lipinski definition) is 2. The average Bonchev–Trinajstić information content (AvgIpc) is 3.58. The molecule has 3 aromatic carbocycles. The Kier molecular flexibility index (Phi) is 4.29. The number of aromatic amines is 1. The molecule has 6 heteroatoms. The monoisotopic (exact) mass is 475 g/mol. The third kappa shape index (κ3) is 3.00. The van der Waals surface area contributed by atoms with Crippen molar-refractivity contribution in [2.75, 3.05) is 0 Å². The fourth-order valence-corrected chi connectivity index (χ4v) is 6.94. The number of hydrogen-bond acceptors (Lipinski definition) is 4. The minimum Gasteiger partial charge on any atom is -0.383 e. The van der Waals surface area contributed by atoms with E-state index in [0.29, 0.717) is 9.79 Å². The van der Waals surface area contributed by atoms with Crippen molar-refractivity contribution >= 4 is 15.4 Å². The molecule has 0 saturated heterocycles. The van der Waals surface area contributed by atoms with Gasteiger partial charge in [-0.3, -0.25) is 0 Å². The second-order valence-corrected chi connectivity index (χ2v) is 10.9. The van der Waals surface area contributed by atoms with E-state index in [-0.39, 0.29) is 12.0 Å². The zero-order valence-corrected chi connectivity index (χ0v) is 19.5. The molecule has 7 rings (SSSR count). The lowest BCUT2D eigenvalue weighted by atomic mass is 9.91. The van der Waals surface area contributed by atoms with Crippen LogP contribution in [0.2, 0.25) is 0 Å². The van der Waals surface area contributed by atoms with E-state index in [2.05, 4.69) is 46.7 Å². The van der Waals surface area contributed by atoms with Crippen molar-refractivity contribution in [2.45, 2.75) is 15.8 Å². The minimum absolute atomic E-state index is 0.208. The van der Waals surface area contributed by atoms with Crippen molar-refractivity contribution in [3.05, 3.63) is 109 Å². The first kappa shape index (κ1) is 20.2. The van der Waals surface area contributed by atoms with Gasteiger partial charge in [0.05, 0.1) is 27.2 Å². The molecule has 35 heavy (non-hydrogen) atoms. The maximum Gasteiger partial charge on any atom is 0.207 e. The van der Waals surface area contributed by atoms with Gasteiger partial charge in [-0.25, -0.2) is 13.4 Å². The zero-order chi connectivity index (χ0) is 23.6. The molecular weight excluding hydrogens is 454 g/mol. The molecule has 4 aromatic rings. The standard InChI is InChI=1S/C29H21N3O2S/c33-35(34)25-13-7-5-11-21(25)22-16-19(14-15-26(22)35)28-27(18-8-2-1-3-9-18)31-29(32-28)23-17-30-24-12-6-4-10-20(23)24/h1-17,20,24,30H,(H,31,32)/t20-,24+/m0/s1. The Labute approximate surface area is 203 Å². The molecule has 2 aliphatic heterocycles. The first-order valence-corrected chi connectivity index (χ1v) is 13.1. The lowest BCUT2D eigenvalue weighted by molar-refractivity contribution is 0.598. The summed E-state index contributed by atoms with van der Waals surface area (Å²) in [6, 6.07) is 23.1. The van der Waals surface area contributed by atoms with Crippen LogP contribution in [-0.4, -0.2) is 24.4 Å². The Balaban J connectivity index is 1.41. The third-order valence-electron chi connectivity index (χ3n) is 6.97. The van der Waals surface area contributed by atoms with E-state index in [9.17, 15) is 8.42 Å². The van der Waals surface area contributed by atoms with Gasteiger partial charge in [0.15, 0.2) is 0 Å². The number of allylic oxidation sites excluding steroid dienone is 2. The number of rotatable bonds is 3. The van der Waals surface area contributed by atoms with Gasteiger partial charge in [-0.2, -0.15) is 0 Å². The second kappa shape index (κ2) is 7.42. The molecule has 0 spiro atoms. The van der Waals surface area contributed by atoms with Gasteiger partial charge >= 0.3 is 0 Å². The smallest absolute Gasteiger partial charge is 0.207 e. The SMILES string of the molecule is O=S1(=O)c2ccccc2-c2cc(-c3nc(C4=CN[C@@H]5C=CC=C[C@@H]45)[nH]c3-c3ccccc3)ccc21. The quantitative estimate of drug-likeness (QED) is 0.356. The highest BCUT2D eigenvalue weighted by atomic mass is 32.2. The Hall–Kier alpha value is -4.16. The molecule has 5 nitrogen and oxygen atoms in total. The largest absolute Gasteiger partial charge is 0.383 e. The molecule has 1 aromatic heterocycles. The average molecular weight is 476 g/mol. The fraction of sp³-hybridized carbons (Fsp3) is 0.0690. The minimum atomic E-state index is -3.51. The highest BCUT2D eigenvalue weighted by molar-refractivity contribution is 7.92. The molecule has 1 aliphatic carbocycles. The normalized spacial score (nSPS) is 20.6. The van der Waals surface area contributed by atoms with Crippen LogP contribution in [0, 0.1) is 5.92 Å². The van der Waals surface area contributed by atoms with Crippen molar-refractivity contribution in [3.63, 3.8) is 0 Å². The summed E-state index contributed by atoms with van der Waals surface area (Å²) in [5, 5.41) is 3.44. The lowest BCUT2D eigenvalue weighted by Crippen LogP contribution is -2.25. The van der Waals surface area contributed by atoms with Crippen LogP contribution in [0.4, 0.5) is 0 Å². The van der Waals surface area contributed by atoms with Gasteiger partial charge in [0.1, 0.15) is 5.82 Å². The van der Waals surface area contributed by atoms with Crippen molar-refractivity contribution in [3.8, 4) is 33.6 Å². The number of sulfone groups is 1. The Bertz CT molecular complexity index is 1690. The van der Waals surface area contributed by atoms with Gasteiger partial charge in [0.25, 0.3) is 0 Å². The second-order valence-electron chi connectivity index (χ2n) is 8.97. The number of nitrogens with one attached hydrogen (secondary N) is 2. The molecule has 3 heterocycles. The highest BCUT2D eigenvalue weighted by Crippen LogP contribution is 2.45. The molecule has 0 amide bonds. The summed E-state index contributed by atoms with van der Waals surface area (Å²) in [5.41, 5.74) is 6.18. The van der Waals surface area contributed by atoms with E-state index >= 15 is 0 Å². The molecule has 0 unspecified atom stereocenters. The van der Waals surface area contributed by atoms with Gasteiger partial charge < -0.3 is 10.3 Å². The molecule has 0 fully saturated rings. The molecule has 3 aliphatic rings. The van der Waals surface area contributed by atoms with E-state index in [1.807, 2.05) is 48.7 Å². The Morgan fingerprint density at radius 1 is 0.771 bits per heavy atom. The van der Waals surface area contributed by atoms with Gasteiger partial charge in [-0.05, 0) is 18.2 Å². The van der Waals surface area contributed by atoms with Crippen LogP contribution in [0.5, 0.6) is 0 Å². The molecule has 2 atom stereocenters. The van der Waals surface area contributed by atoms with Crippen LogP contribution in [0.15, 0.2) is 113 Å². The molecule has 0 radical (unpaired) electrons. The Morgan fingerprint density at radius 3 is 2.43 bits per heavy atom. The summed E-state index contributed by atoms with van der Waals surface area (Å²) >= 11 is 0. The molecule has 0 bridgehead atoms. The van der Waals surface area contributed by atoms with E-state index in [1.165, 1.54) is 0 Å². The fourth-order valence-electron chi connectivity index (χ4n) is 5.27. The van der Waals surface area contributed by atoms with Crippen LogP contribution >= 0.6 is 0 Å². The van der Waals surface area contributed by atoms with E-state index < -0.39 is 9.84 Å². The summed E-state index contributed by atoms with van der Waals surface area (Å²) in [4.78, 5) is 9.37. The van der Waals surface area contributed by atoms with Crippen LogP contribution in [0.3, 0.4) is 0 Å². The summed E-state index contributed by atoms with van der Waals surface area (Å²) in [7, 11) is -3.51. The van der Waals surface area contributed by atoms with Crippen LogP contribution < -0.4 is 5.32 Å². The maximum absolute atomic E-state index is 13.1. The predicted molar refractivity (Wildman–Crippen MR) is 137 cm³/mol.